The van der Waals surface area contributed by atoms with Crippen molar-refractivity contribution in [3.05, 3.63) is 11.6 Å². The van der Waals surface area contributed by atoms with Crippen LogP contribution in [0.3, 0.4) is 0 Å². The van der Waals surface area contributed by atoms with Crippen molar-refractivity contribution in [1.29, 1.82) is 0 Å². The molecule has 0 heteroatoms. The van der Waals surface area contributed by atoms with Gasteiger partial charge in [0, 0.05) is 0 Å². The molecular formula is C17H32. The van der Waals surface area contributed by atoms with E-state index in [4.69, 9.17) is 0 Å². The number of unbranched alkanes of at least 4 members (excludes halogenated alkanes) is 1. The van der Waals surface area contributed by atoms with Crippen LogP contribution in [0.1, 0.15) is 85.0 Å². The van der Waals surface area contributed by atoms with E-state index in [0.717, 1.165) is 11.8 Å². The molecule has 1 rings (SSSR count). The Morgan fingerprint density at radius 2 is 1.76 bits per heavy atom. The van der Waals surface area contributed by atoms with E-state index in [1.807, 2.05) is 0 Å². The fourth-order valence-electron chi connectivity index (χ4n) is 3.14. The first-order valence-electron chi connectivity index (χ1n) is 7.82. The zero-order valence-corrected chi connectivity index (χ0v) is 12.3. The van der Waals surface area contributed by atoms with Crippen LogP contribution in [0.5, 0.6) is 0 Å². The highest BCUT2D eigenvalue weighted by Crippen LogP contribution is 2.29. The van der Waals surface area contributed by atoms with Crippen LogP contribution in [0.2, 0.25) is 0 Å². The van der Waals surface area contributed by atoms with E-state index in [-0.39, 0.29) is 0 Å². The molecule has 1 unspecified atom stereocenters. The minimum atomic E-state index is 0.948. The Labute approximate surface area is 109 Å². The molecule has 0 aromatic heterocycles. The standard InChI is InChI=1S/C17H32/c1-15(2)10-8-9-11-16(3)14-17-12-6-4-5-7-13-17/h10,16-17H,4-9,11-14H2,1-3H3. The molecule has 0 saturated heterocycles. The molecule has 1 atom stereocenters. The highest BCUT2D eigenvalue weighted by Gasteiger charge is 2.15. The molecule has 100 valence electrons. The Kier molecular flexibility index (Phi) is 7.64. The molecule has 0 bridgehead atoms. The maximum atomic E-state index is 2.47. The maximum absolute atomic E-state index is 2.47. The second-order valence-electron chi connectivity index (χ2n) is 6.41. The van der Waals surface area contributed by atoms with Crippen molar-refractivity contribution in [2.45, 2.75) is 85.0 Å². The molecule has 1 aliphatic rings. The molecule has 1 saturated carbocycles. The minimum Gasteiger partial charge on any atom is -0.0859 e. The molecule has 0 aromatic carbocycles. The lowest BCUT2D eigenvalue weighted by atomic mass is 9.87. The van der Waals surface area contributed by atoms with Crippen LogP contribution in [0.15, 0.2) is 11.6 Å². The summed E-state index contributed by atoms with van der Waals surface area (Å²) in [6, 6.07) is 0. The van der Waals surface area contributed by atoms with Gasteiger partial charge in [-0.3, -0.25) is 0 Å². The normalized spacial score (nSPS) is 19.7. The summed E-state index contributed by atoms with van der Waals surface area (Å²) in [6.45, 7) is 6.87. The Morgan fingerprint density at radius 1 is 1.12 bits per heavy atom. The summed E-state index contributed by atoms with van der Waals surface area (Å²) in [5.41, 5.74) is 1.47. The zero-order valence-electron chi connectivity index (χ0n) is 12.3. The van der Waals surface area contributed by atoms with Gasteiger partial charge in [-0.2, -0.15) is 0 Å². The third-order valence-electron chi connectivity index (χ3n) is 4.16. The summed E-state index contributed by atoms with van der Waals surface area (Å²) in [7, 11) is 0. The van der Waals surface area contributed by atoms with Gasteiger partial charge in [0.2, 0.25) is 0 Å². The molecule has 0 heterocycles. The lowest BCUT2D eigenvalue weighted by Gasteiger charge is -2.19. The SMILES string of the molecule is CC(C)=CCCCC(C)CC1CCCCCC1. The third-order valence-corrected chi connectivity index (χ3v) is 4.16. The van der Waals surface area contributed by atoms with Crippen molar-refractivity contribution in [3.63, 3.8) is 0 Å². The Hall–Kier alpha value is -0.260. The number of hydrogen-bond donors (Lipinski definition) is 0. The van der Waals surface area contributed by atoms with Gasteiger partial charge in [-0.15, -0.1) is 0 Å². The Morgan fingerprint density at radius 3 is 2.35 bits per heavy atom. The topological polar surface area (TPSA) is 0 Å². The van der Waals surface area contributed by atoms with Crippen molar-refractivity contribution < 1.29 is 0 Å². The monoisotopic (exact) mass is 236 g/mol. The molecule has 1 aliphatic carbocycles. The van der Waals surface area contributed by atoms with Gasteiger partial charge in [-0.25, -0.2) is 0 Å². The second kappa shape index (κ2) is 8.78. The van der Waals surface area contributed by atoms with Gasteiger partial charge in [0.1, 0.15) is 0 Å². The first kappa shape index (κ1) is 14.8. The van der Waals surface area contributed by atoms with Crippen molar-refractivity contribution >= 4 is 0 Å². The Balaban J connectivity index is 2.10. The molecule has 0 aromatic rings. The molecular weight excluding hydrogens is 204 g/mol. The molecule has 0 spiro atoms. The van der Waals surface area contributed by atoms with Crippen LogP contribution in [0.25, 0.3) is 0 Å². The quantitative estimate of drug-likeness (QED) is 0.296. The van der Waals surface area contributed by atoms with E-state index >= 15 is 0 Å². The molecule has 0 aliphatic heterocycles. The predicted octanol–water partition coefficient (Wildman–Crippen LogP) is 6.12. The summed E-state index contributed by atoms with van der Waals surface area (Å²) < 4.78 is 0. The van der Waals surface area contributed by atoms with E-state index < -0.39 is 0 Å². The van der Waals surface area contributed by atoms with Crippen LogP contribution in [0, 0.1) is 11.8 Å². The predicted molar refractivity (Wildman–Crippen MR) is 78.3 cm³/mol. The summed E-state index contributed by atoms with van der Waals surface area (Å²) >= 11 is 0. The number of hydrogen-bond acceptors (Lipinski definition) is 0. The largest absolute Gasteiger partial charge is 0.0859 e. The fraction of sp³-hybridized carbons (Fsp3) is 0.882. The first-order valence-corrected chi connectivity index (χ1v) is 7.82. The van der Waals surface area contributed by atoms with E-state index in [9.17, 15) is 0 Å². The van der Waals surface area contributed by atoms with Crippen LogP contribution in [-0.4, -0.2) is 0 Å². The number of rotatable bonds is 6. The third kappa shape index (κ3) is 7.63. The van der Waals surface area contributed by atoms with Gasteiger partial charge in [-0.05, 0) is 44.9 Å². The lowest BCUT2D eigenvalue weighted by Crippen LogP contribution is -2.05. The molecule has 1 fully saturated rings. The number of allylic oxidation sites excluding steroid dienone is 2. The van der Waals surface area contributed by atoms with Crippen molar-refractivity contribution in [2.24, 2.45) is 11.8 Å². The summed E-state index contributed by atoms with van der Waals surface area (Å²) in [6.07, 6.45) is 17.0. The van der Waals surface area contributed by atoms with E-state index in [1.54, 1.807) is 0 Å². The van der Waals surface area contributed by atoms with Crippen LogP contribution in [-0.2, 0) is 0 Å². The van der Waals surface area contributed by atoms with E-state index in [2.05, 4.69) is 26.8 Å². The molecule has 17 heavy (non-hydrogen) atoms. The molecule has 0 amide bonds. The molecule has 0 radical (unpaired) electrons. The average molecular weight is 236 g/mol. The molecule has 0 N–H and O–H groups in total. The van der Waals surface area contributed by atoms with Crippen LogP contribution < -0.4 is 0 Å². The van der Waals surface area contributed by atoms with Gasteiger partial charge < -0.3 is 0 Å². The molecule has 0 nitrogen and oxygen atoms in total. The van der Waals surface area contributed by atoms with Gasteiger partial charge in [-0.1, -0.05) is 63.5 Å². The van der Waals surface area contributed by atoms with E-state index in [1.165, 1.54) is 69.8 Å². The fourth-order valence-corrected chi connectivity index (χ4v) is 3.14. The van der Waals surface area contributed by atoms with Gasteiger partial charge in [0.15, 0.2) is 0 Å². The lowest BCUT2D eigenvalue weighted by molar-refractivity contribution is 0.338. The highest BCUT2D eigenvalue weighted by atomic mass is 14.2. The van der Waals surface area contributed by atoms with Gasteiger partial charge >= 0.3 is 0 Å². The second-order valence-corrected chi connectivity index (χ2v) is 6.41. The average Bonchev–Trinajstić information content (AvgIpc) is 2.53. The minimum absolute atomic E-state index is 0.948. The van der Waals surface area contributed by atoms with Crippen molar-refractivity contribution in [1.82, 2.24) is 0 Å². The van der Waals surface area contributed by atoms with E-state index in [0.29, 0.717) is 0 Å². The highest BCUT2D eigenvalue weighted by molar-refractivity contribution is 4.92. The van der Waals surface area contributed by atoms with Crippen molar-refractivity contribution in [3.8, 4) is 0 Å². The summed E-state index contributed by atoms with van der Waals surface area (Å²) in [5, 5.41) is 0. The van der Waals surface area contributed by atoms with Crippen LogP contribution >= 0.6 is 0 Å². The van der Waals surface area contributed by atoms with Gasteiger partial charge in [0.05, 0.1) is 0 Å². The summed E-state index contributed by atoms with van der Waals surface area (Å²) in [4.78, 5) is 0. The van der Waals surface area contributed by atoms with Crippen molar-refractivity contribution in [2.75, 3.05) is 0 Å². The maximum Gasteiger partial charge on any atom is -0.0348 e. The summed E-state index contributed by atoms with van der Waals surface area (Å²) in [5.74, 6) is 2.00. The first-order chi connectivity index (χ1) is 8.18. The smallest absolute Gasteiger partial charge is 0.0348 e. The Bertz CT molecular complexity index is 202. The zero-order chi connectivity index (χ0) is 12.5. The van der Waals surface area contributed by atoms with Crippen LogP contribution in [0.4, 0.5) is 0 Å². The van der Waals surface area contributed by atoms with Gasteiger partial charge in [0.25, 0.3) is 0 Å².